The SMILES string of the molecule is C=C(CC)CC(=C)CC1c2cc(F)ccc2CCC1C. The Morgan fingerprint density at radius 3 is 2.75 bits per heavy atom. The molecule has 0 amide bonds. The van der Waals surface area contributed by atoms with Crippen LogP contribution < -0.4 is 0 Å². The molecule has 2 unspecified atom stereocenters. The van der Waals surface area contributed by atoms with E-state index >= 15 is 0 Å². The van der Waals surface area contributed by atoms with Gasteiger partial charge in [-0.25, -0.2) is 4.39 Å². The van der Waals surface area contributed by atoms with Crippen LogP contribution >= 0.6 is 0 Å². The molecule has 0 radical (unpaired) electrons. The van der Waals surface area contributed by atoms with Crippen LogP contribution in [0.1, 0.15) is 56.6 Å². The summed E-state index contributed by atoms with van der Waals surface area (Å²) in [5, 5.41) is 0. The average molecular weight is 272 g/mol. The maximum atomic E-state index is 13.6. The third-order valence-corrected chi connectivity index (χ3v) is 4.57. The lowest BCUT2D eigenvalue weighted by molar-refractivity contribution is 0.396. The minimum atomic E-state index is -0.119. The first-order chi connectivity index (χ1) is 9.51. The van der Waals surface area contributed by atoms with E-state index in [-0.39, 0.29) is 5.82 Å². The Kier molecular flexibility index (Phi) is 4.80. The average Bonchev–Trinajstić information content (AvgIpc) is 2.42. The van der Waals surface area contributed by atoms with Crippen molar-refractivity contribution < 1.29 is 4.39 Å². The number of hydrogen-bond donors (Lipinski definition) is 0. The minimum Gasteiger partial charge on any atom is -0.207 e. The van der Waals surface area contributed by atoms with Crippen molar-refractivity contribution in [2.45, 2.75) is 51.9 Å². The monoisotopic (exact) mass is 272 g/mol. The summed E-state index contributed by atoms with van der Waals surface area (Å²) in [5.41, 5.74) is 4.98. The van der Waals surface area contributed by atoms with Gasteiger partial charge in [0.25, 0.3) is 0 Å². The van der Waals surface area contributed by atoms with Gasteiger partial charge in [-0.1, -0.05) is 44.2 Å². The molecule has 108 valence electrons. The summed E-state index contributed by atoms with van der Waals surface area (Å²) in [7, 11) is 0. The molecule has 0 spiro atoms. The van der Waals surface area contributed by atoms with Crippen LogP contribution in [-0.2, 0) is 6.42 Å². The minimum absolute atomic E-state index is 0.119. The van der Waals surface area contributed by atoms with Crippen LogP contribution in [0.5, 0.6) is 0 Å². The predicted molar refractivity (Wildman–Crippen MR) is 84.4 cm³/mol. The fourth-order valence-electron chi connectivity index (χ4n) is 3.20. The zero-order chi connectivity index (χ0) is 14.7. The van der Waals surface area contributed by atoms with Crippen LogP contribution in [0.2, 0.25) is 0 Å². The highest BCUT2D eigenvalue weighted by Crippen LogP contribution is 2.40. The number of aryl methyl sites for hydroxylation is 1. The molecule has 0 aliphatic heterocycles. The van der Waals surface area contributed by atoms with E-state index in [0.29, 0.717) is 11.8 Å². The van der Waals surface area contributed by atoms with E-state index in [9.17, 15) is 4.39 Å². The largest absolute Gasteiger partial charge is 0.207 e. The maximum absolute atomic E-state index is 13.6. The summed E-state index contributed by atoms with van der Waals surface area (Å²) < 4.78 is 13.6. The zero-order valence-electron chi connectivity index (χ0n) is 12.7. The molecule has 0 fully saturated rings. The van der Waals surface area contributed by atoms with Crippen LogP contribution in [0.25, 0.3) is 0 Å². The standard InChI is InChI=1S/C19H25F/c1-5-13(2)10-14(3)11-18-15(4)6-7-16-8-9-17(20)12-19(16)18/h8-9,12,15,18H,2-3,5-7,10-11H2,1,4H3. The predicted octanol–water partition coefficient (Wildman–Crippen LogP) is 5.79. The Hall–Kier alpha value is -1.37. The van der Waals surface area contributed by atoms with Gasteiger partial charge in [0.2, 0.25) is 0 Å². The molecule has 1 aliphatic rings. The molecular weight excluding hydrogens is 247 g/mol. The van der Waals surface area contributed by atoms with E-state index in [4.69, 9.17) is 0 Å². The summed E-state index contributed by atoms with van der Waals surface area (Å²) in [6.07, 6.45) is 5.12. The third kappa shape index (κ3) is 3.39. The van der Waals surface area contributed by atoms with E-state index in [0.717, 1.165) is 25.7 Å². The first-order valence-corrected chi connectivity index (χ1v) is 7.62. The Balaban J connectivity index is 2.17. The van der Waals surface area contributed by atoms with Gasteiger partial charge in [-0.3, -0.25) is 0 Å². The molecule has 0 saturated heterocycles. The molecule has 1 aromatic carbocycles. The Bertz CT molecular complexity index is 512. The molecule has 2 atom stereocenters. The summed E-state index contributed by atoms with van der Waals surface area (Å²) in [5.74, 6) is 0.883. The van der Waals surface area contributed by atoms with E-state index in [1.807, 2.05) is 6.07 Å². The molecule has 2 rings (SSSR count). The van der Waals surface area contributed by atoms with Crippen molar-refractivity contribution in [2.75, 3.05) is 0 Å². The molecule has 0 heterocycles. The van der Waals surface area contributed by atoms with Gasteiger partial charge in [0.15, 0.2) is 0 Å². The molecule has 0 aromatic heterocycles. The van der Waals surface area contributed by atoms with Gasteiger partial charge in [0.1, 0.15) is 5.82 Å². The van der Waals surface area contributed by atoms with E-state index in [1.54, 1.807) is 12.1 Å². The van der Waals surface area contributed by atoms with Crippen LogP contribution in [0.15, 0.2) is 42.5 Å². The molecule has 0 N–H and O–H groups in total. The molecule has 0 bridgehead atoms. The second-order valence-electron chi connectivity index (χ2n) is 6.20. The second kappa shape index (κ2) is 6.39. The Morgan fingerprint density at radius 2 is 2.05 bits per heavy atom. The quantitative estimate of drug-likeness (QED) is 0.595. The summed E-state index contributed by atoms with van der Waals surface area (Å²) in [6.45, 7) is 12.7. The summed E-state index contributed by atoms with van der Waals surface area (Å²) in [6, 6.07) is 5.27. The van der Waals surface area contributed by atoms with Gasteiger partial charge >= 0.3 is 0 Å². The number of halogens is 1. The van der Waals surface area contributed by atoms with Gasteiger partial charge < -0.3 is 0 Å². The lowest BCUT2D eigenvalue weighted by atomic mass is 9.73. The molecule has 0 nitrogen and oxygen atoms in total. The van der Waals surface area contributed by atoms with Crippen LogP contribution in [0.3, 0.4) is 0 Å². The topological polar surface area (TPSA) is 0 Å². The normalized spacial score (nSPS) is 21.4. The van der Waals surface area contributed by atoms with Crippen molar-refractivity contribution in [1.82, 2.24) is 0 Å². The fraction of sp³-hybridized carbons (Fsp3) is 0.474. The maximum Gasteiger partial charge on any atom is 0.123 e. The smallest absolute Gasteiger partial charge is 0.123 e. The molecule has 20 heavy (non-hydrogen) atoms. The van der Waals surface area contributed by atoms with Gasteiger partial charge in [-0.2, -0.15) is 0 Å². The van der Waals surface area contributed by atoms with Crippen LogP contribution in [0.4, 0.5) is 4.39 Å². The van der Waals surface area contributed by atoms with Crippen molar-refractivity contribution in [1.29, 1.82) is 0 Å². The summed E-state index contributed by atoms with van der Waals surface area (Å²) in [4.78, 5) is 0. The van der Waals surface area contributed by atoms with Gasteiger partial charge in [0, 0.05) is 0 Å². The van der Waals surface area contributed by atoms with E-state index < -0.39 is 0 Å². The lowest BCUT2D eigenvalue weighted by Gasteiger charge is -2.32. The van der Waals surface area contributed by atoms with Crippen LogP contribution in [-0.4, -0.2) is 0 Å². The highest BCUT2D eigenvalue weighted by Gasteiger charge is 2.27. The van der Waals surface area contributed by atoms with Crippen molar-refractivity contribution in [3.8, 4) is 0 Å². The highest BCUT2D eigenvalue weighted by atomic mass is 19.1. The molecular formula is C19H25F. The van der Waals surface area contributed by atoms with Crippen molar-refractivity contribution in [3.63, 3.8) is 0 Å². The lowest BCUT2D eigenvalue weighted by Crippen LogP contribution is -2.19. The van der Waals surface area contributed by atoms with Crippen molar-refractivity contribution >= 4 is 0 Å². The van der Waals surface area contributed by atoms with Crippen molar-refractivity contribution in [2.24, 2.45) is 5.92 Å². The van der Waals surface area contributed by atoms with Gasteiger partial charge in [0.05, 0.1) is 0 Å². The number of rotatable bonds is 5. The molecule has 1 aromatic rings. The fourth-order valence-corrected chi connectivity index (χ4v) is 3.20. The number of fused-ring (bicyclic) bond motifs is 1. The first-order valence-electron chi connectivity index (χ1n) is 7.62. The number of hydrogen-bond acceptors (Lipinski definition) is 0. The third-order valence-electron chi connectivity index (χ3n) is 4.57. The number of benzene rings is 1. The highest BCUT2D eigenvalue weighted by molar-refractivity contribution is 5.35. The zero-order valence-corrected chi connectivity index (χ0v) is 12.7. The van der Waals surface area contributed by atoms with Crippen LogP contribution in [0, 0.1) is 11.7 Å². The van der Waals surface area contributed by atoms with Crippen molar-refractivity contribution in [3.05, 3.63) is 59.4 Å². The number of allylic oxidation sites excluding steroid dienone is 2. The Morgan fingerprint density at radius 1 is 1.30 bits per heavy atom. The van der Waals surface area contributed by atoms with E-state index in [2.05, 4.69) is 27.0 Å². The van der Waals surface area contributed by atoms with Gasteiger partial charge in [-0.15, -0.1) is 0 Å². The first kappa shape index (κ1) is 15.0. The van der Waals surface area contributed by atoms with Gasteiger partial charge in [-0.05, 0) is 67.2 Å². The molecule has 1 aliphatic carbocycles. The Labute approximate surface area is 122 Å². The molecule has 0 saturated carbocycles. The summed E-state index contributed by atoms with van der Waals surface area (Å²) >= 11 is 0. The second-order valence-corrected chi connectivity index (χ2v) is 6.20. The van der Waals surface area contributed by atoms with E-state index in [1.165, 1.54) is 28.7 Å². The molecule has 1 heteroatoms.